The maximum absolute atomic E-state index is 13.7. The Bertz CT molecular complexity index is 1700. The molecule has 2 aliphatic rings. The van der Waals surface area contributed by atoms with Crippen molar-refractivity contribution in [3.8, 4) is 17.2 Å². The van der Waals surface area contributed by atoms with Gasteiger partial charge in [0.1, 0.15) is 12.4 Å². The predicted molar refractivity (Wildman–Crippen MR) is 153 cm³/mol. The standard InChI is InChI=1S/C29H25BrN4O6/c30-21-10-11-23-22(14-21)29(35)33(28(32-23)19-5-2-1-3-6-19)31-15-20-7-4-8-24(34(36)37)27(20)38-16-18-9-12-25-26(13-18)40-17-39-25/h4,7-15,19H,1-3,5-6,16-17H2. The van der Waals surface area contributed by atoms with Crippen molar-refractivity contribution in [2.45, 2.75) is 44.6 Å². The van der Waals surface area contributed by atoms with Crippen LogP contribution in [0.4, 0.5) is 5.69 Å². The Balaban J connectivity index is 1.39. The van der Waals surface area contributed by atoms with Crippen LogP contribution in [0.3, 0.4) is 0 Å². The Labute approximate surface area is 237 Å². The lowest BCUT2D eigenvalue weighted by atomic mass is 9.88. The van der Waals surface area contributed by atoms with Crippen molar-refractivity contribution in [2.24, 2.45) is 5.10 Å². The van der Waals surface area contributed by atoms with Gasteiger partial charge in [-0.25, -0.2) is 4.98 Å². The molecule has 204 valence electrons. The monoisotopic (exact) mass is 604 g/mol. The number of hydrogen-bond donors (Lipinski definition) is 0. The molecule has 1 aliphatic heterocycles. The molecule has 4 aromatic rings. The van der Waals surface area contributed by atoms with Crippen LogP contribution in [0, 0.1) is 10.1 Å². The van der Waals surface area contributed by atoms with Crippen LogP contribution in [0.5, 0.6) is 17.2 Å². The molecule has 1 aliphatic carbocycles. The first kappa shape index (κ1) is 26.0. The quantitative estimate of drug-likeness (QED) is 0.138. The maximum Gasteiger partial charge on any atom is 0.311 e. The van der Waals surface area contributed by atoms with E-state index in [0.29, 0.717) is 33.8 Å². The van der Waals surface area contributed by atoms with E-state index in [1.165, 1.54) is 17.0 Å². The first-order chi connectivity index (χ1) is 19.5. The molecule has 0 saturated heterocycles. The van der Waals surface area contributed by atoms with Gasteiger partial charge in [0, 0.05) is 22.0 Å². The Morgan fingerprint density at radius 1 is 1.10 bits per heavy atom. The van der Waals surface area contributed by atoms with E-state index in [-0.39, 0.29) is 36.3 Å². The molecule has 0 N–H and O–H groups in total. The second-order valence-electron chi connectivity index (χ2n) is 9.76. The molecule has 40 heavy (non-hydrogen) atoms. The highest BCUT2D eigenvalue weighted by Gasteiger charge is 2.24. The zero-order valence-corrected chi connectivity index (χ0v) is 23.0. The van der Waals surface area contributed by atoms with E-state index in [0.717, 1.165) is 42.1 Å². The number of nitrogens with zero attached hydrogens (tertiary/aromatic N) is 4. The summed E-state index contributed by atoms with van der Waals surface area (Å²) in [7, 11) is 0. The molecule has 3 aromatic carbocycles. The van der Waals surface area contributed by atoms with Crippen LogP contribution in [0.1, 0.15) is 55.0 Å². The van der Waals surface area contributed by atoms with E-state index in [9.17, 15) is 14.9 Å². The van der Waals surface area contributed by atoms with E-state index in [2.05, 4.69) is 21.0 Å². The maximum atomic E-state index is 13.7. The van der Waals surface area contributed by atoms with Crippen LogP contribution in [-0.4, -0.2) is 27.6 Å². The summed E-state index contributed by atoms with van der Waals surface area (Å²) < 4.78 is 18.9. The molecule has 0 radical (unpaired) electrons. The molecule has 1 saturated carbocycles. The van der Waals surface area contributed by atoms with Crippen LogP contribution in [0.25, 0.3) is 10.9 Å². The van der Waals surface area contributed by atoms with Gasteiger partial charge in [0.25, 0.3) is 5.56 Å². The van der Waals surface area contributed by atoms with Gasteiger partial charge in [-0.15, -0.1) is 0 Å². The number of nitro benzene ring substituents is 1. The predicted octanol–water partition coefficient (Wildman–Crippen LogP) is 6.30. The highest BCUT2D eigenvalue weighted by Crippen LogP contribution is 2.35. The van der Waals surface area contributed by atoms with Gasteiger partial charge in [0.2, 0.25) is 12.5 Å². The van der Waals surface area contributed by atoms with Crippen molar-refractivity contribution in [1.82, 2.24) is 9.66 Å². The Hall–Kier alpha value is -4.25. The van der Waals surface area contributed by atoms with Gasteiger partial charge in [-0.05, 0) is 54.8 Å². The number of ether oxygens (including phenoxy) is 3. The molecule has 0 unspecified atom stereocenters. The van der Waals surface area contributed by atoms with Gasteiger partial charge in [0.15, 0.2) is 11.5 Å². The van der Waals surface area contributed by atoms with Gasteiger partial charge in [0.05, 0.1) is 22.0 Å². The van der Waals surface area contributed by atoms with E-state index in [1.54, 1.807) is 30.3 Å². The SMILES string of the molecule is O=c1c2cc(Br)ccc2nc(C2CCCCC2)n1N=Cc1cccc([N+](=O)[O-])c1OCc1ccc2c(c1)OCO2. The molecule has 0 atom stereocenters. The van der Waals surface area contributed by atoms with Gasteiger partial charge in [-0.2, -0.15) is 9.78 Å². The van der Waals surface area contributed by atoms with Gasteiger partial charge in [-0.1, -0.05) is 47.3 Å². The average Bonchev–Trinajstić information content (AvgIpc) is 3.44. The first-order valence-corrected chi connectivity index (χ1v) is 13.8. The van der Waals surface area contributed by atoms with E-state index in [1.807, 2.05) is 18.2 Å². The fraction of sp³-hybridized carbons (Fsp3) is 0.276. The smallest absolute Gasteiger partial charge is 0.311 e. The van der Waals surface area contributed by atoms with Crippen molar-refractivity contribution in [1.29, 1.82) is 0 Å². The van der Waals surface area contributed by atoms with Crippen LogP contribution in [0.15, 0.2) is 69.0 Å². The summed E-state index contributed by atoms with van der Waals surface area (Å²) >= 11 is 3.44. The summed E-state index contributed by atoms with van der Waals surface area (Å²) in [4.78, 5) is 29.9. The molecule has 2 heterocycles. The number of rotatable bonds is 7. The first-order valence-electron chi connectivity index (χ1n) is 13.0. The summed E-state index contributed by atoms with van der Waals surface area (Å²) in [6.45, 7) is 0.203. The van der Waals surface area contributed by atoms with Crippen LogP contribution < -0.4 is 19.8 Å². The van der Waals surface area contributed by atoms with Crippen molar-refractivity contribution in [3.63, 3.8) is 0 Å². The zero-order chi connectivity index (χ0) is 27.6. The second-order valence-corrected chi connectivity index (χ2v) is 10.7. The third-order valence-electron chi connectivity index (χ3n) is 7.16. The van der Waals surface area contributed by atoms with Crippen molar-refractivity contribution in [2.75, 3.05) is 6.79 Å². The summed E-state index contributed by atoms with van der Waals surface area (Å²) in [5.41, 5.74) is 1.24. The number of para-hydroxylation sites is 1. The van der Waals surface area contributed by atoms with Crippen molar-refractivity contribution < 1.29 is 19.1 Å². The molecule has 11 heteroatoms. The Morgan fingerprint density at radius 2 is 1.93 bits per heavy atom. The fourth-order valence-corrected chi connectivity index (χ4v) is 5.51. The topological polar surface area (TPSA) is 118 Å². The number of benzene rings is 3. The molecular formula is C29H25BrN4O6. The summed E-state index contributed by atoms with van der Waals surface area (Å²) in [6, 6.07) is 15.4. The molecule has 6 rings (SSSR count). The Morgan fingerprint density at radius 3 is 2.75 bits per heavy atom. The highest BCUT2D eigenvalue weighted by atomic mass is 79.9. The van der Waals surface area contributed by atoms with Crippen molar-refractivity contribution >= 4 is 38.7 Å². The van der Waals surface area contributed by atoms with Crippen molar-refractivity contribution in [3.05, 3.63) is 96.5 Å². The largest absolute Gasteiger partial charge is 0.481 e. The third-order valence-corrected chi connectivity index (χ3v) is 7.65. The Kier molecular flexibility index (Phi) is 7.21. The van der Waals surface area contributed by atoms with E-state index < -0.39 is 4.92 Å². The lowest BCUT2D eigenvalue weighted by molar-refractivity contribution is -0.385. The van der Waals surface area contributed by atoms with E-state index >= 15 is 0 Å². The fourth-order valence-electron chi connectivity index (χ4n) is 5.15. The number of aromatic nitrogens is 2. The second kappa shape index (κ2) is 11.1. The van der Waals surface area contributed by atoms with Crippen LogP contribution in [-0.2, 0) is 6.61 Å². The molecule has 1 aromatic heterocycles. The normalized spacial score (nSPS) is 15.1. The minimum atomic E-state index is -0.499. The molecule has 10 nitrogen and oxygen atoms in total. The number of fused-ring (bicyclic) bond motifs is 2. The molecule has 0 amide bonds. The van der Waals surface area contributed by atoms with Crippen LogP contribution in [0.2, 0.25) is 0 Å². The van der Waals surface area contributed by atoms with E-state index in [4.69, 9.17) is 19.2 Å². The van der Waals surface area contributed by atoms with Gasteiger partial charge in [-0.3, -0.25) is 14.9 Å². The summed E-state index contributed by atoms with van der Waals surface area (Å²) in [5, 5.41) is 16.9. The van der Waals surface area contributed by atoms with Gasteiger partial charge < -0.3 is 14.2 Å². The molecule has 1 fully saturated rings. The average molecular weight is 605 g/mol. The third kappa shape index (κ3) is 5.16. The minimum Gasteiger partial charge on any atom is -0.481 e. The number of halogens is 1. The van der Waals surface area contributed by atoms with Gasteiger partial charge >= 0.3 is 5.69 Å². The number of nitro groups is 1. The summed E-state index contributed by atoms with van der Waals surface area (Å²) in [6.07, 6.45) is 6.55. The lowest BCUT2D eigenvalue weighted by Gasteiger charge is -2.22. The highest BCUT2D eigenvalue weighted by molar-refractivity contribution is 9.10. The zero-order valence-electron chi connectivity index (χ0n) is 21.4. The van der Waals surface area contributed by atoms with Crippen LogP contribution >= 0.6 is 15.9 Å². The number of hydrogen-bond acceptors (Lipinski definition) is 8. The molecular weight excluding hydrogens is 580 g/mol. The lowest BCUT2D eigenvalue weighted by Crippen LogP contribution is -2.25. The molecule has 0 spiro atoms. The minimum absolute atomic E-state index is 0.0534. The summed E-state index contributed by atoms with van der Waals surface area (Å²) in [5.74, 6) is 1.98. The molecule has 0 bridgehead atoms.